The van der Waals surface area contributed by atoms with E-state index in [0.717, 1.165) is 29.8 Å². The van der Waals surface area contributed by atoms with E-state index in [0.29, 0.717) is 24.5 Å². The van der Waals surface area contributed by atoms with Crippen LogP contribution in [-0.2, 0) is 16.1 Å². The summed E-state index contributed by atoms with van der Waals surface area (Å²) < 4.78 is 10.6. The summed E-state index contributed by atoms with van der Waals surface area (Å²) in [5.74, 6) is 1.23. The number of aryl methyl sites for hydroxylation is 1. The first-order valence-corrected chi connectivity index (χ1v) is 9.05. The van der Waals surface area contributed by atoms with Gasteiger partial charge in [0.2, 0.25) is 6.10 Å². The van der Waals surface area contributed by atoms with E-state index in [4.69, 9.17) is 14.3 Å². The molecule has 0 radical (unpaired) electrons. The first-order chi connectivity index (χ1) is 13.2. The molecule has 6 heteroatoms. The summed E-state index contributed by atoms with van der Waals surface area (Å²) in [6, 6.07) is 13.6. The lowest BCUT2D eigenvalue weighted by molar-refractivity contribution is -0.128. The van der Waals surface area contributed by atoms with E-state index < -0.39 is 6.10 Å². The van der Waals surface area contributed by atoms with Crippen LogP contribution in [0.4, 0.5) is 5.69 Å². The Balaban J connectivity index is 1.51. The minimum atomic E-state index is -0.598. The number of para-hydroxylation sites is 1. The number of benzene rings is 2. The van der Waals surface area contributed by atoms with E-state index in [9.17, 15) is 4.79 Å². The van der Waals surface area contributed by atoms with Crippen LogP contribution in [0.2, 0.25) is 0 Å². The van der Waals surface area contributed by atoms with Gasteiger partial charge in [0, 0.05) is 24.2 Å². The number of fused-ring (bicyclic) bond motifs is 1. The van der Waals surface area contributed by atoms with Crippen LogP contribution in [0.5, 0.6) is 11.5 Å². The highest BCUT2D eigenvalue weighted by Gasteiger charge is 2.34. The van der Waals surface area contributed by atoms with E-state index in [-0.39, 0.29) is 5.91 Å². The number of carbonyl (C=O) groups is 1. The minimum Gasteiger partial charge on any atom is -0.493 e. The second-order valence-electron chi connectivity index (χ2n) is 6.63. The molecule has 0 saturated heterocycles. The van der Waals surface area contributed by atoms with Crippen LogP contribution in [0.3, 0.4) is 0 Å². The number of nitrogens with zero attached hydrogens (tertiary/aromatic N) is 2. The standard InChI is InChI=1S/C21H22N2O4/c1-25-18-10-9-15(12-19(18)26-2)16-13-20(27-22-16)21(24)23-11-5-7-14-6-3-4-8-17(14)23/h3-4,6,8-10,12,20H,5,7,11,13H2,1-2H3/t20-/m0/s1. The third kappa shape index (κ3) is 3.23. The molecule has 2 aromatic carbocycles. The number of ether oxygens (including phenoxy) is 2. The Kier molecular flexibility index (Phi) is 4.71. The second-order valence-corrected chi connectivity index (χ2v) is 6.63. The number of carbonyl (C=O) groups excluding carboxylic acids is 1. The fourth-order valence-electron chi connectivity index (χ4n) is 3.63. The van der Waals surface area contributed by atoms with Gasteiger partial charge in [-0.2, -0.15) is 0 Å². The van der Waals surface area contributed by atoms with Crippen molar-refractivity contribution >= 4 is 17.3 Å². The van der Waals surface area contributed by atoms with Gasteiger partial charge in [0.15, 0.2) is 11.5 Å². The summed E-state index contributed by atoms with van der Waals surface area (Å²) in [6.45, 7) is 0.710. The number of amides is 1. The Morgan fingerprint density at radius 2 is 1.96 bits per heavy atom. The molecule has 0 aliphatic carbocycles. The number of hydrogen-bond acceptors (Lipinski definition) is 5. The Bertz CT molecular complexity index is 894. The lowest BCUT2D eigenvalue weighted by Gasteiger charge is -2.30. The van der Waals surface area contributed by atoms with Crippen LogP contribution < -0.4 is 14.4 Å². The van der Waals surface area contributed by atoms with Crippen molar-refractivity contribution in [3.05, 3.63) is 53.6 Å². The first kappa shape index (κ1) is 17.4. The summed E-state index contributed by atoms with van der Waals surface area (Å²) in [7, 11) is 3.19. The highest BCUT2D eigenvalue weighted by Crippen LogP contribution is 2.31. The smallest absolute Gasteiger partial charge is 0.271 e. The molecule has 2 aliphatic heterocycles. The van der Waals surface area contributed by atoms with Crippen LogP contribution >= 0.6 is 0 Å². The van der Waals surface area contributed by atoms with Crippen LogP contribution in [-0.4, -0.2) is 38.5 Å². The second kappa shape index (κ2) is 7.31. The minimum absolute atomic E-state index is 0.0404. The van der Waals surface area contributed by atoms with Gasteiger partial charge in [-0.3, -0.25) is 4.79 Å². The molecule has 0 unspecified atom stereocenters. The quantitative estimate of drug-likeness (QED) is 0.834. The monoisotopic (exact) mass is 366 g/mol. The van der Waals surface area contributed by atoms with Crippen molar-refractivity contribution in [1.29, 1.82) is 0 Å². The van der Waals surface area contributed by atoms with Crippen molar-refractivity contribution in [2.45, 2.75) is 25.4 Å². The van der Waals surface area contributed by atoms with Crippen molar-refractivity contribution < 1.29 is 19.1 Å². The lowest BCUT2D eigenvalue weighted by Crippen LogP contribution is -2.42. The van der Waals surface area contributed by atoms with Gasteiger partial charge in [-0.05, 0) is 42.7 Å². The van der Waals surface area contributed by atoms with Gasteiger partial charge in [-0.25, -0.2) is 0 Å². The fourth-order valence-corrected chi connectivity index (χ4v) is 3.63. The van der Waals surface area contributed by atoms with Crippen molar-refractivity contribution in [3.8, 4) is 11.5 Å². The molecule has 0 N–H and O–H groups in total. The third-order valence-corrected chi connectivity index (χ3v) is 5.04. The molecular formula is C21H22N2O4. The van der Waals surface area contributed by atoms with Gasteiger partial charge in [0.1, 0.15) is 0 Å². The molecule has 2 aromatic rings. The summed E-state index contributed by atoms with van der Waals surface area (Å²) in [4.78, 5) is 20.4. The number of hydrogen-bond donors (Lipinski definition) is 0. The molecule has 1 amide bonds. The van der Waals surface area contributed by atoms with Gasteiger partial charge < -0.3 is 19.2 Å². The Hall–Kier alpha value is -3.02. The topological polar surface area (TPSA) is 60.4 Å². The number of oxime groups is 1. The normalized spacial score (nSPS) is 18.4. The predicted molar refractivity (Wildman–Crippen MR) is 103 cm³/mol. The SMILES string of the molecule is COc1ccc(C2=NO[C@H](C(=O)N3CCCc4ccccc43)C2)cc1OC. The van der Waals surface area contributed by atoms with Gasteiger partial charge in [0.25, 0.3) is 5.91 Å². The van der Waals surface area contributed by atoms with E-state index in [1.807, 2.05) is 41.3 Å². The molecule has 6 nitrogen and oxygen atoms in total. The summed E-state index contributed by atoms with van der Waals surface area (Å²) in [5.41, 5.74) is 3.79. The summed E-state index contributed by atoms with van der Waals surface area (Å²) in [5, 5.41) is 4.16. The molecule has 1 atom stereocenters. The Labute approximate surface area is 158 Å². The van der Waals surface area contributed by atoms with Gasteiger partial charge >= 0.3 is 0 Å². The van der Waals surface area contributed by atoms with Gasteiger partial charge in [0.05, 0.1) is 19.9 Å². The lowest BCUT2D eigenvalue weighted by atomic mass is 9.99. The summed E-state index contributed by atoms with van der Waals surface area (Å²) >= 11 is 0. The number of methoxy groups -OCH3 is 2. The Morgan fingerprint density at radius 3 is 2.78 bits per heavy atom. The molecule has 0 fully saturated rings. The van der Waals surface area contributed by atoms with Crippen LogP contribution in [0.15, 0.2) is 47.6 Å². The highest BCUT2D eigenvalue weighted by molar-refractivity contribution is 6.07. The van der Waals surface area contributed by atoms with Crippen molar-refractivity contribution in [2.24, 2.45) is 5.16 Å². The van der Waals surface area contributed by atoms with Crippen LogP contribution in [0.25, 0.3) is 0 Å². The maximum atomic E-state index is 13.0. The maximum absolute atomic E-state index is 13.0. The zero-order chi connectivity index (χ0) is 18.8. The zero-order valence-electron chi connectivity index (χ0n) is 15.5. The number of anilines is 1. The average Bonchev–Trinajstić information content (AvgIpc) is 3.22. The van der Waals surface area contributed by atoms with E-state index in [1.165, 1.54) is 5.56 Å². The summed E-state index contributed by atoms with van der Waals surface area (Å²) in [6.07, 6.45) is 1.80. The molecule has 140 valence electrons. The molecule has 27 heavy (non-hydrogen) atoms. The van der Waals surface area contributed by atoms with E-state index >= 15 is 0 Å². The van der Waals surface area contributed by atoms with Gasteiger partial charge in [-0.15, -0.1) is 0 Å². The largest absolute Gasteiger partial charge is 0.493 e. The molecule has 2 heterocycles. The third-order valence-electron chi connectivity index (χ3n) is 5.04. The highest BCUT2D eigenvalue weighted by atomic mass is 16.6. The molecule has 0 aromatic heterocycles. The van der Waals surface area contributed by atoms with Crippen molar-refractivity contribution in [1.82, 2.24) is 0 Å². The van der Waals surface area contributed by atoms with Crippen LogP contribution in [0.1, 0.15) is 24.0 Å². The molecule has 0 spiro atoms. The van der Waals surface area contributed by atoms with Crippen molar-refractivity contribution in [2.75, 3.05) is 25.7 Å². The molecule has 0 bridgehead atoms. The van der Waals surface area contributed by atoms with E-state index in [2.05, 4.69) is 11.2 Å². The fraction of sp³-hybridized carbons (Fsp3) is 0.333. The molecular weight excluding hydrogens is 344 g/mol. The molecule has 2 aliphatic rings. The first-order valence-electron chi connectivity index (χ1n) is 9.05. The van der Waals surface area contributed by atoms with E-state index in [1.54, 1.807) is 14.2 Å². The molecule has 0 saturated carbocycles. The predicted octanol–water partition coefficient (Wildman–Crippen LogP) is 3.18. The zero-order valence-corrected chi connectivity index (χ0v) is 15.5. The van der Waals surface area contributed by atoms with Crippen molar-refractivity contribution in [3.63, 3.8) is 0 Å². The Morgan fingerprint density at radius 1 is 1.15 bits per heavy atom. The average molecular weight is 366 g/mol. The maximum Gasteiger partial charge on any atom is 0.271 e. The van der Waals surface area contributed by atoms with Gasteiger partial charge in [-0.1, -0.05) is 23.4 Å². The number of rotatable bonds is 4. The van der Waals surface area contributed by atoms with Crippen LogP contribution in [0, 0.1) is 0 Å². The molecule has 4 rings (SSSR count).